The highest BCUT2D eigenvalue weighted by molar-refractivity contribution is 5.37. The highest BCUT2D eigenvalue weighted by Crippen LogP contribution is 2.31. The van der Waals surface area contributed by atoms with Crippen LogP contribution in [0.4, 0.5) is 4.39 Å². The summed E-state index contributed by atoms with van der Waals surface area (Å²) < 4.78 is 19.1. The van der Waals surface area contributed by atoms with Crippen LogP contribution in [0.15, 0.2) is 24.3 Å². The molecule has 0 amide bonds. The van der Waals surface area contributed by atoms with E-state index in [4.69, 9.17) is 4.74 Å². The number of para-hydroxylation sites is 1. The maximum atomic E-state index is 13.4. The zero-order valence-corrected chi connectivity index (χ0v) is 10.5. The molecular formula is C14H20FNO. The molecule has 1 aliphatic rings. The van der Waals surface area contributed by atoms with Gasteiger partial charge in [-0.05, 0) is 38.4 Å². The van der Waals surface area contributed by atoms with Gasteiger partial charge >= 0.3 is 0 Å². The van der Waals surface area contributed by atoms with Crippen molar-refractivity contribution in [2.75, 3.05) is 19.7 Å². The molecule has 0 radical (unpaired) electrons. The molecule has 1 aromatic carbocycles. The molecule has 1 saturated heterocycles. The Morgan fingerprint density at radius 3 is 2.82 bits per heavy atom. The average molecular weight is 237 g/mol. The van der Waals surface area contributed by atoms with Crippen LogP contribution >= 0.6 is 0 Å². The Kier molecular flexibility index (Phi) is 3.67. The van der Waals surface area contributed by atoms with Crippen molar-refractivity contribution in [3.8, 4) is 5.75 Å². The molecule has 94 valence electrons. The summed E-state index contributed by atoms with van der Waals surface area (Å²) in [6.45, 7) is 5.20. The summed E-state index contributed by atoms with van der Waals surface area (Å²) in [5, 5.41) is 3.34. The molecule has 3 heteroatoms. The number of ether oxygens (including phenoxy) is 1. The van der Waals surface area contributed by atoms with Crippen molar-refractivity contribution in [1.29, 1.82) is 0 Å². The molecule has 1 N–H and O–H groups in total. The van der Waals surface area contributed by atoms with Crippen molar-refractivity contribution in [2.45, 2.75) is 31.9 Å². The van der Waals surface area contributed by atoms with Crippen molar-refractivity contribution in [2.24, 2.45) is 0 Å². The first-order valence-electron chi connectivity index (χ1n) is 6.17. The van der Waals surface area contributed by atoms with E-state index < -0.39 is 5.67 Å². The minimum atomic E-state index is -1.29. The molecule has 1 atom stereocenters. The lowest BCUT2D eigenvalue weighted by atomic mass is 9.97. The monoisotopic (exact) mass is 237 g/mol. The van der Waals surface area contributed by atoms with Crippen molar-refractivity contribution in [1.82, 2.24) is 5.32 Å². The number of alkyl halides is 1. The van der Waals surface area contributed by atoms with Crippen molar-refractivity contribution in [3.63, 3.8) is 0 Å². The van der Waals surface area contributed by atoms with Gasteiger partial charge in [0.15, 0.2) is 0 Å². The smallest absolute Gasteiger partial charge is 0.139 e. The molecule has 0 aliphatic carbocycles. The van der Waals surface area contributed by atoms with Gasteiger partial charge in [-0.3, -0.25) is 0 Å². The first-order chi connectivity index (χ1) is 8.06. The lowest BCUT2D eigenvalue weighted by Crippen LogP contribution is -2.23. The van der Waals surface area contributed by atoms with E-state index in [1.807, 2.05) is 18.2 Å². The maximum absolute atomic E-state index is 13.4. The topological polar surface area (TPSA) is 21.3 Å². The number of nitrogens with one attached hydrogen (secondary N) is 1. The fraction of sp³-hybridized carbons (Fsp3) is 0.571. The number of hydrogen-bond acceptors (Lipinski definition) is 2. The van der Waals surface area contributed by atoms with Crippen LogP contribution in [-0.2, 0) is 0 Å². The molecule has 2 rings (SSSR count). The van der Waals surface area contributed by atoms with Crippen molar-refractivity contribution in [3.05, 3.63) is 29.8 Å². The minimum Gasteiger partial charge on any atom is -0.490 e. The molecule has 1 heterocycles. The molecule has 1 unspecified atom stereocenters. The van der Waals surface area contributed by atoms with Gasteiger partial charge in [-0.2, -0.15) is 0 Å². The summed E-state index contributed by atoms with van der Waals surface area (Å²) in [5.74, 6) is 1.32. The molecule has 17 heavy (non-hydrogen) atoms. The third-order valence-corrected chi connectivity index (χ3v) is 2.99. The largest absolute Gasteiger partial charge is 0.490 e. The van der Waals surface area contributed by atoms with E-state index in [2.05, 4.69) is 11.4 Å². The summed E-state index contributed by atoms with van der Waals surface area (Å²) in [6.07, 6.45) is 1.12. The maximum Gasteiger partial charge on any atom is 0.139 e. The summed E-state index contributed by atoms with van der Waals surface area (Å²) in [4.78, 5) is 0. The third kappa shape index (κ3) is 3.43. The van der Waals surface area contributed by atoms with Crippen LogP contribution in [0.2, 0.25) is 0 Å². The van der Waals surface area contributed by atoms with Gasteiger partial charge in [-0.15, -0.1) is 0 Å². The van der Waals surface area contributed by atoms with Gasteiger partial charge in [0.1, 0.15) is 18.0 Å². The van der Waals surface area contributed by atoms with Crippen LogP contribution < -0.4 is 10.1 Å². The van der Waals surface area contributed by atoms with Gasteiger partial charge in [0.05, 0.1) is 0 Å². The van der Waals surface area contributed by atoms with Crippen LogP contribution in [0, 0.1) is 0 Å². The van der Waals surface area contributed by atoms with Crippen molar-refractivity contribution < 1.29 is 9.13 Å². The molecule has 2 nitrogen and oxygen atoms in total. The SMILES string of the molecule is CC(C)(F)COc1ccccc1C1CCNC1. The molecule has 0 spiro atoms. The second-order valence-corrected chi connectivity index (χ2v) is 5.23. The minimum absolute atomic E-state index is 0.101. The molecule has 0 saturated carbocycles. The second-order valence-electron chi connectivity index (χ2n) is 5.23. The Labute approximate surface area is 102 Å². The molecule has 0 bridgehead atoms. The number of benzene rings is 1. The zero-order valence-electron chi connectivity index (χ0n) is 10.5. The van der Waals surface area contributed by atoms with E-state index in [9.17, 15) is 4.39 Å². The van der Waals surface area contributed by atoms with E-state index in [1.54, 1.807) is 0 Å². The standard InChI is InChI=1S/C14H20FNO/c1-14(2,15)10-17-13-6-4-3-5-12(13)11-7-8-16-9-11/h3-6,11,16H,7-10H2,1-2H3. The number of halogens is 1. The van der Waals surface area contributed by atoms with Gasteiger partial charge in [0.2, 0.25) is 0 Å². The Morgan fingerprint density at radius 2 is 2.18 bits per heavy atom. The molecule has 0 aromatic heterocycles. The average Bonchev–Trinajstić information content (AvgIpc) is 2.79. The Balaban J connectivity index is 2.10. The molecule has 1 aromatic rings. The van der Waals surface area contributed by atoms with Gasteiger partial charge in [-0.1, -0.05) is 18.2 Å². The van der Waals surface area contributed by atoms with Gasteiger partial charge < -0.3 is 10.1 Å². The van der Waals surface area contributed by atoms with Gasteiger partial charge in [0.25, 0.3) is 0 Å². The normalized spacial score (nSPS) is 20.5. The number of hydrogen-bond donors (Lipinski definition) is 1. The van der Waals surface area contributed by atoms with E-state index in [0.29, 0.717) is 5.92 Å². The highest BCUT2D eigenvalue weighted by Gasteiger charge is 2.22. The predicted octanol–water partition coefficient (Wildman–Crippen LogP) is 2.89. The fourth-order valence-electron chi connectivity index (χ4n) is 2.12. The van der Waals surface area contributed by atoms with Crippen LogP contribution in [-0.4, -0.2) is 25.4 Å². The highest BCUT2D eigenvalue weighted by atomic mass is 19.1. The van der Waals surface area contributed by atoms with Crippen molar-refractivity contribution >= 4 is 0 Å². The lowest BCUT2D eigenvalue weighted by Gasteiger charge is -2.19. The lowest BCUT2D eigenvalue weighted by molar-refractivity contribution is 0.120. The quantitative estimate of drug-likeness (QED) is 0.869. The summed E-state index contributed by atoms with van der Waals surface area (Å²) in [7, 11) is 0. The van der Waals surface area contributed by atoms with E-state index in [1.165, 1.54) is 19.4 Å². The molecule has 1 fully saturated rings. The van der Waals surface area contributed by atoms with Crippen LogP contribution in [0.3, 0.4) is 0 Å². The number of rotatable bonds is 4. The first-order valence-corrected chi connectivity index (χ1v) is 6.17. The Bertz CT molecular complexity index is 367. The third-order valence-electron chi connectivity index (χ3n) is 2.99. The van der Waals surface area contributed by atoms with E-state index >= 15 is 0 Å². The molecular weight excluding hydrogens is 217 g/mol. The molecule has 1 aliphatic heterocycles. The van der Waals surface area contributed by atoms with Crippen LogP contribution in [0.25, 0.3) is 0 Å². The Hall–Kier alpha value is -1.09. The van der Waals surface area contributed by atoms with Crippen LogP contribution in [0.1, 0.15) is 31.7 Å². The zero-order chi connectivity index (χ0) is 12.3. The predicted molar refractivity (Wildman–Crippen MR) is 67.4 cm³/mol. The van der Waals surface area contributed by atoms with E-state index in [0.717, 1.165) is 25.3 Å². The first kappa shape index (κ1) is 12.4. The Morgan fingerprint density at radius 1 is 1.41 bits per heavy atom. The second kappa shape index (κ2) is 5.05. The van der Waals surface area contributed by atoms with Gasteiger partial charge in [-0.25, -0.2) is 4.39 Å². The van der Waals surface area contributed by atoms with Crippen LogP contribution in [0.5, 0.6) is 5.75 Å². The van der Waals surface area contributed by atoms with E-state index in [-0.39, 0.29) is 6.61 Å². The fourth-order valence-corrected chi connectivity index (χ4v) is 2.12. The summed E-state index contributed by atoms with van der Waals surface area (Å²) in [5.41, 5.74) is -0.0946. The van der Waals surface area contributed by atoms with Gasteiger partial charge in [0, 0.05) is 12.5 Å². The summed E-state index contributed by atoms with van der Waals surface area (Å²) >= 11 is 0. The summed E-state index contributed by atoms with van der Waals surface area (Å²) in [6, 6.07) is 7.96.